The zero-order chi connectivity index (χ0) is 17.0. The molecule has 1 aliphatic heterocycles. The van der Waals surface area contributed by atoms with Gasteiger partial charge in [0.2, 0.25) is 0 Å². The van der Waals surface area contributed by atoms with Crippen molar-refractivity contribution in [2.24, 2.45) is 4.99 Å². The second kappa shape index (κ2) is 6.98. The third kappa shape index (κ3) is 4.43. The highest BCUT2D eigenvalue weighted by molar-refractivity contribution is 5.69. The SMILES string of the molecule is C=Nc1ccc(N2CCN(C(=O)OC(C)(C)C)C[C@@H]2CC)cn1. The predicted octanol–water partition coefficient (Wildman–Crippen LogP) is 3.25. The normalized spacial score (nSPS) is 18.7. The first-order valence-corrected chi connectivity index (χ1v) is 8.01. The fraction of sp³-hybridized carbons (Fsp3) is 0.588. The number of carbonyl (C=O) groups is 1. The molecule has 6 heteroatoms. The average molecular weight is 318 g/mol. The minimum absolute atomic E-state index is 0.236. The lowest BCUT2D eigenvalue weighted by Crippen LogP contribution is -2.55. The smallest absolute Gasteiger partial charge is 0.410 e. The van der Waals surface area contributed by atoms with Gasteiger partial charge in [-0.2, -0.15) is 0 Å². The summed E-state index contributed by atoms with van der Waals surface area (Å²) in [6, 6.07) is 4.11. The number of nitrogens with zero attached hydrogens (tertiary/aromatic N) is 4. The zero-order valence-corrected chi connectivity index (χ0v) is 14.5. The second-order valence-electron chi connectivity index (χ2n) is 6.71. The molecule has 1 fully saturated rings. The highest BCUT2D eigenvalue weighted by Crippen LogP contribution is 2.24. The monoisotopic (exact) mass is 318 g/mol. The first-order chi connectivity index (χ1) is 10.8. The Kier molecular flexibility index (Phi) is 5.23. The summed E-state index contributed by atoms with van der Waals surface area (Å²) in [6.07, 6.45) is 2.52. The molecule has 2 rings (SSSR count). The molecule has 0 unspecified atom stereocenters. The van der Waals surface area contributed by atoms with Crippen LogP contribution in [0.25, 0.3) is 0 Å². The molecular formula is C17H26N4O2. The molecular weight excluding hydrogens is 292 g/mol. The Bertz CT molecular complexity index is 551. The van der Waals surface area contributed by atoms with Crippen LogP contribution in [0.3, 0.4) is 0 Å². The Morgan fingerprint density at radius 3 is 2.70 bits per heavy atom. The van der Waals surface area contributed by atoms with E-state index < -0.39 is 5.60 Å². The van der Waals surface area contributed by atoms with Crippen molar-refractivity contribution in [3.63, 3.8) is 0 Å². The van der Waals surface area contributed by atoms with E-state index in [-0.39, 0.29) is 12.1 Å². The summed E-state index contributed by atoms with van der Waals surface area (Å²) in [5.74, 6) is 0.620. The van der Waals surface area contributed by atoms with Crippen molar-refractivity contribution in [2.75, 3.05) is 24.5 Å². The van der Waals surface area contributed by atoms with Gasteiger partial charge in [0.1, 0.15) is 5.60 Å². The number of aromatic nitrogens is 1. The molecule has 1 aliphatic rings. The van der Waals surface area contributed by atoms with E-state index in [1.807, 2.05) is 39.1 Å². The highest BCUT2D eigenvalue weighted by Gasteiger charge is 2.31. The Morgan fingerprint density at radius 2 is 2.17 bits per heavy atom. The van der Waals surface area contributed by atoms with Gasteiger partial charge in [-0.25, -0.2) is 14.8 Å². The van der Waals surface area contributed by atoms with E-state index in [4.69, 9.17) is 4.74 Å². The minimum atomic E-state index is -0.465. The third-order valence-corrected chi connectivity index (χ3v) is 3.83. The first kappa shape index (κ1) is 17.2. The molecule has 1 aromatic rings. The van der Waals surface area contributed by atoms with Crippen molar-refractivity contribution >= 4 is 24.3 Å². The second-order valence-corrected chi connectivity index (χ2v) is 6.71. The standard InChI is InChI=1S/C17H26N4O2/c1-6-13-12-20(16(22)23-17(2,3)4)9-10-21(13)14-7-8-15(18-5)19-11-14/h7-8,11,13H,5-6,9-10,12H2,1-4H3/t13-/m0/s1. The summed E-state index contributed by atoms with van der Waals surface area (Å²) in [7, 11) is 0. The fourth-order valence-electron chi connectivity index (χ4n) is 2.68. The van der Waals surface area contributed by atoms with Gasteiger partial charge >= 0.3 is 6.09 Å². The number of pyridine rings is 1. The quantitative estimate of drug-likeness (QED) is 0.803. The molecule has 2 heterocycles. The summed E-state index contributed by atoms with van der Waals surface area (Å²) in [4.78, 5) is 24.4. The van der Waals surface area contributed by atoms with Gasteiger partial charge in [0.15, 0.2) is 5.82 Å². The number of aliphatic imine (C=N–C) groups is 1. The van der Waals surface area contributed by atoms with Crippen molar-refractivity contribution in [3.8, 4) is 0 Å². The number of piperazine rings is 1. The van der Waals surface area contributed by atoms with Crippen LogP contribution in [0.4, 0.5) is 16.3 Å². The van der Waals surface area contributed by atoms with Gasteiger partial charge in [0.05, 0.1) is 11.9 Å². The van der Waals surface area contributed by atoms with Gasteiger partial charge in [0, 0.05) is 25.7 Å². The molecule has 23 heavy (non-hydrogen) atoms. The van der Waals surface area contributed by atoms with Crippen molar-refractivity contribution in [3.05, 3.63) is 18.3 Å². The maximum atomic E-state index is 12.3. The highest BCUT2D eigenvalue weighted by atomic mass is 16.6. The largest absolute Gasteiger partial charge is 0.444 e. The Balaban J connectivity index is 2.06. The molecule has 0 bridgehead atoms. The lowest BCUT2D eigenvalue weighted by Gasteiger charge is -2.42. The lowest BCUT2D eigenvalue weighted by atomic mass is 10.1. The third-order valence-electron chi connectivity index (χ3n) is 3.83. The van der Waals surface area contributed by atoms with Crippen molar-refractivity contribution in [1.82, 2.24) is 9.88 Å². The van der Waals surface area contributed by atoms with E-state index in [2.05, 4.69) is 28.5 Å². The molecule has 0 saturated carbocycles. The van der Waals surface area contributed by atoms with Gasteiger partial charge in [-0.15, -0.1) is 0 Å². The summed E-state index contributed by atoms with van der Waals surface area (Å²) >= 11 is 0. The number of ether oxygens (including phenoxy) is 1. The summed E-state index contributed by atoms with van der Waals surface area (Å²) in [5, 5.41) is 0. The Hall–Kier alpha value is -2.11. The molecule has 126 valence electrons. The number of hydrogen-bond acceptors (Lipinski definition) is 5. The van der Waals surface area contributed by atoms with Crippen LogP contribution in [0, 0.1) is 0 Å². The maximum absolute atomic E-state index is 12.3. The van der Waals surface area contributed by atoms with Crippen LogP contribution >= 0.6 is 0 Å². The van der Waals surface area contributed by atoms with Gasteiger partial charge in [-0.3, -0.25) is 0 Å². The molecule has 0 aliphatic carbocycles. The van der Waals surface area contributed by atoms with Crippen LogP contribution in [-0.4, -0.2) is 54.0 Å². The number of rotatable bonds is 3. The molecule has 6 nitrogen and oxygen atoms in total. The topological polar surface area (TPSA) is 58.0 Å². The minimum Gasteiger partial charge on any atom is -0.444 e. The summed E-state index contributed by atoms with van der Waals surface area (Å²) in [6.45, 7) is 13.3. The van der Waals surface area contributed by atoms with E-state index in [9.17, 15) is 4.79 Å². The number of anilines is 1. The van der Waals surface area contributed by atoms with E-state index in [0.29, 0.717) is 18.9 Å². The van der Waals surface area contributed by atoms with Crippen LogP contribution in [-0.2, 0) is 4.74 Å². The summed E-state index contributed by atoms with van der Waals surface area (Å²) < 4.78 is 5.48. The first-order valence-electron chi connectivity index (χ1n) is 8.01. The van der Waals surface area contributed by atoms with Crippen molar-refractivity contribution < 1.29 is 9.53 Å². The van der Waals surface area contributed by atoms with Crippen molar-refractivity contribution in [1.29, 1.82) is 0 Å². The number of hydrogen-bond donors (Lipinski definition) is 0. The van der Waals surface area contributed by atoms with E-state index in [1.165, 1.54) is 0 Å². The Labute approximate surface area is 138 Å². The van der Waals surface area contributed by atoms with Crippen LogP contribution < -0.4 is 4.90 Å². The Morgan fingerprint density at radius 1 is 1.43 bits per heavy atom. The van der Waals surface area contributed by atoms with Gasteiger partial charge < -0.3 is 14.5 Å². The van der Waals surface area contributed by atoms with E-state index in [0.717, 1.165) is 18.7 Å². The molecule has 0 aromatic carbocycles. The van der Waals surface area contributed by atoms with Crippen molar-refractivity contribution in [2.45, 2.75) is 45.8 Å². The molecule has 0 N–H and O–H groups in total. The van der Waals surface area contributed by atoms with Crippen LogP contribution in [0.2, 0.25) is 0 Å². The predicted molar refractivity (Wildman–Crippen MR) is 92.7 cm³/mol. The molecule has 1 aromatic heterocycles. The van der Waals surface area contributed by atoms with E-state index >= 15 is 0 Å². The van der Waals surface area contributed by atoms with Gasteiger partial charge in [-0.1, -0.05) is 6.92 Å². The molecule has 0 radical (unpaired) electrons. The van der Waals surface area contributed by atoms with Crippen LogP contribution in [0.5, 0.6) is 0 Å². The maximum Gasteiger partial charge on any atom is 0.410 e. The average Bonchev–Trinajstić information content (AvgIpc) is 2.52. The van der Waals surface area contributed by atoms with Crippen LogP contribution in [0.1, 0.15) is 34.1 Å². The van der Waals surface area contributed by atoms with Gasteiger partial charge in [0.25, 0.3) is 0 Å². The van der Waals surface area contributed by atoms with Gasteiger partial charge in [-0.05, 0) is 46.0 Å². The molecule has 0 spiro atoms. The number of carbonyl (C=O) groups excluding carboxylic acids is 1. The molecule has 1 saturated heterocycles. The fourth-order valence-corrected chi connectivity index (χ4v) is 2.68. The summed E-state index contributed by atoms with van der Waals surface area (Å²) in [5.41, 5.74) is 0.584. The lowest BCUT2D eigenvalue weighted by molar-refractivity contribution is 0.0213. The number of amides is 1. The van der Waals surface area contributed by atoms with E-state index in [1.54, 1.807) is 4.90 Å². The van der Waals surface area contributed by atoms with Crippen LogP contribution in [0.15, 0.2) is 23.3 Å². The molecule has 1 amide bonds. The molecule has 1 atom stereocenters. The zero-order valence-electron chi connectivity index (χ0n) is 14.5.